The molecular weight excluding hydrogens is 718 g/mol. The van der Waals surface area contributed by atoms with Gasteiger partial charge in [-0.25, -0.2) is 0 Å². The molecule has 0 aliphatic heterocycles. The van der Waals surface area contributed by atoms with Crippen LogP contribution < -0.4 is 0 Å². The van der Waals surface area contributed by atoms with E-state index >= 15 is 0 Å². The van der Waals surface area contributed by atoms with Gasteiger partial charge in [-0.1, -0.05) is 36.4 Å². The molecule has 0 atom stereocenters. The summed E-state index contributed by atoms with van der Waals surface area (Å²) < 4.78 is 0. The molecule has 0 unspecified atom stereocenters. The summed E-state index contributed by atoms with van der Waals surface area (Å²) in [7, 11) is 0. The van der Waals surface area contributed by atoms with Crippen molar-refractivity contribution in [2.24, 2.45) is 0 Å². The van der Waals surface area contributed by atoms with Gasteiger partial charge in [0.25, 0.3) is 0 Å². The molecule has 5 nitrogen and oxygen atoms in total. The molecule has 2 aromatic carbocycles. The Bertz CT molecular complexity index is 849. The molecule has 7 heteroatoms. The molecule has 0 saturated heterocycles. The predicted molar refractivity (Wildman–Crippen MR) is 110 cm³/mol. The number of nitrogens with zero attached hydrogens (tertiary/aromatic N) is 2. The number of hydrogen-bond donors (Lipinski definition) is 2. The van der Waals surface area contributed by atoms with Gasteiger partial charge < -0.3 is 38.0 Å². The first-order chi connectivity index (χ1) is 10.8. The van der Waals surface area contributed by atoms with Gasteiger partial charge in [0.1, 0.15) is 22.5 Å². The molecule has 0 bridgehead atoms. The molecule has 0 aliphatic rings. The molecule has 2 aromatic heterocycles. The maximum atomic E-state index is 9.31. The van der Waals surface area contributed by atoms with Crippen molar-refractivity contribution in [3.05, 3.63) is 95.3 Å². The molecule has 0 aliphatic carbocycles. The Balaban J connectivity index is -0.000000169. The van der Waals surface area contributed by atoms with Gasteiger partial charge in [-0.3, -0.25) is 9.97 Å². The average molecular weight is 743 g/mol. The van der Waals surface area contributed by atoms with Gasteiger partial charge in [0.15, 0.2) is 0 Å². The first kappa shape index (κ1) is 33.8. The van der Waals surface area contributed by atoms with Crippen LogP contribution in [0, 0.1) is 22.3 Å². The van der Waals surface area contributed by atoms with E-state index in [1.807, 2.05) is 36.4 Å². The number of fused-ring (bicyclic) bond motifs is 2. The zero-order valence-electron chi connectivity index (χ0n) is 15.8. The van der Waals surface area contributed by atoms with Crippen molar-refractivity contribution in [2.45, 2.75) is 0 Å². The van der Waals surface area contributed by atoms with Crippen molar-refractivity contribution in [1.82, 2.24) is 9.97 Å². The molecule has 0 spiro atoms. The van der Waals surface area contributed by atoms with Crippen LogP contribution in [0.3, 0.4) is 0 Å². The van der Waals surface area contributed by atoms with Crippen LogP contribution in [0.15, 0.2) is 73.1 Å². The van der Waals surface area contributed by atoms with Crippen molar-refractivity contribution in [3.63, 3.8) is 0 Å². The largest absolute Gasteiger partial charge is 2.00 e. The van der Waals surface area contributed by atoms with E-state index in [1.165, 1.54) is 0 Å². The Kier molecular flexibility index (Phi) is 19.5. The summed E-state index contributed by atoms with van der Waals surface area (Å²) >= 11 is 0. The summed E-state index contributed by atoms with van der Waals surface area (Å²) in [6.45, 7) is 0. The van der Waals surface area contributed by atoms with Gasteiger partial charge >= 0.3 is 21.1 Å². The topological polar surface area (TPSA) is 97.7 Å². The monoisotopic (exact) mass is 743 g/mol. The third-order valence-corrected chi connectivity index (χ3v) is 3.22. The summed E-state index contributed by atoms with van der Waals surface area (Å²) in [4.78, 5) is 8.06. The van der Waals surface area contributed by atoms with Crippen LogP contribution in [0.25, 0.3) is 21.8 Å². The zero-order valence-corrected chi connectivity index (χ0v) is 20.4. The molecule has 4 N–H and O–H groups in total. The van der Waals surface area contributed by atoms with Crippen LogP contribution in [0.5, 0.6) is 11.5 Å². The molecule has 0 amide bonds. The summed E-state index contributed by atoms with van der Waals surface area (Å²) in [6, 6.07) is 18.3. The SMILES string of the molecule is O.Oc1cccc2cccnc12.Oc1cccc2cccnc12.[195Pt+2].[195Pt].[CH3-].[CH3-].[CH3-]. The molecule has 4 aromatic rings. The first-order valence-electron chi connectivity index (χ1n) is 6.81. The van der Waals surface area contributed by atoms with Crippen LogP contribution in [-0.2, 0) is 42.1 Å². The zero-order chi connectivity index (χ0) is 15.4. The Morgan fingerprint density at radius 3 is 1.21 bits per heavy atom. The average Bonchev–Trinajstić information content (AvgIpc) is 2.57. The number of hydrogen-bond acceptors (Lipinski definition) is 4. The van der Waals surface area contributed by atoms with Crippen molar-refractivity contribution in [3.8, 4) is 11.5 Å². The van der Waals surface area contributed by atoms with E-state index in [4.69, 9.17) is 0 Å². The molecule has 4 rings (SSSR count). The van der Waals surface area contributed by atoms with Crippen molar-refractivity contribution < 1.29 is 57.8 Å². The van der Waals surface area contributed by atoms with Gasteiger partial charge in [0.05, 0.1) is 0 Å². The van der Waals surface area contributed by atoms with E-state index in [0.717, 1.165) is 10.8 Å². The second-order valence-electron chi connectivity index (χ2n) is 4.70. The number of para-hydroxylation sites is 2. The second kappa shape index (κ2) is 16.2. The number of rotatable bonds is 0. The quantitative estimate of drug-likeness (QED) is 0.261. The minimum absolute atomic E-state index is 0. The second-order valence-corrected chi connectivity index (χ2v) is 4.70. The maximum absolute atomic E-state index is 9.31. The Morgan fingerprint density at radius 1 is 0.571 bits per heavy atom. The van der Waals surface area contributed by atoms with Crippen LogP contribution in [0.2, 0.25) is 0 Å². The third kappa shape index (κ3) is 8.06. The Hall–Kier alpha value is -1.80. The van der Waals surface area contributed by atoms with Gasteiger partial charge in [-0.2, -0.15) is 0 Å². The van der Waals surface area contributed by atoms with Crippen LogP contribution in [0.4, 0.5) is 0 Å². The molecule has 2 heterocycles. The van der Waals surface area contributed by atoms with Crippen molar-refractivity contribution in [2.75, 3.05) is 0 Å². The number of pyridine rings is 2. The predicted octanol–water partition coefficient (Wildman–Crippen LogP) is 4.40. The van der Waals surface area contributed by atoms with Crippen molar-refractivity contribution >= 4 is 21.8 Å². The maximum Gasteiger partial charge on any atom is 2.00 e. The minimum Gasteiger partial charge on any atom is -0.506 e. The standard InChI is InChI=1S/2C9H7NO.3CH3.H2O.2Pt/c2*11-8-5-1-3-7-4-2-6-10-9(7)8;;;;;;/h2*1-6,11H;3*1H3;1H2;;/q;;3*-1;;;+2/i;;;;;;2*1+0. The Labute approximate surface area is 195 Å². The Morgan fingerprint density at radius 2 is 0.893 bits per heavy atom. The molecule has 0 radical (unpaired) electrons. The van der Waals surface area contributed by atoms with E-state index in [2.05, 4.69) is 9.97 Å². The van der Waals surface area contributed by atoms with Crippen LogP contribution in [-0.4, -0.2) is 25.7 Å². The first-order valence-corrected chi connectivity index (χ1v) is 6.81. The number of aromatic nitrogens is 2. The number of phenolic OH excluding ortho intramolecular Hbond substituents is 2. The smallest absolute Gasteiger partial charge is 0.506 e. The third-order valence-electron chi connectivity index (χ3n) is 3.22. The molecule has 0 saturated carbocycles. The van der Waals surface area contributed by atoms with Crippen LogP contribution >= 0.6 is 0 Å². The van der Waals surface area contributed by atoms with Crippen molar-refractivity contribution in [1.29, 1.82) is 0 Å². The van der Waals surface area contributed by atoms with E-state index in [0.29, 0.717) is 11.0 Å². The summed E-state index contributed by atoms with van der Waals surface area (Å²) in [5.41, 5.74) is 1.32. The fraction of sp³-hybridized carbons (Fsp3) is 0. The molecular formula is C21H25N2O3Pt2-. The van der Waals surface area contributed by atoms with Gasteiger partial charge in [0.2, 0.25) is 0 Å². The van der Waals surface area contributed by atoms with E-state index in [1.54, 1.807) is 36.7 Å². The molecule has 0 fully saturated rings. The van der Waals surface area contributed by atoms with Gasteiger partial charge in [-0.15, -0.1) is 0 Å². The fourth-order valence-electron chi connectivity index (χ4n) is 2.18. The number of phenols is 2. The number of benzene rings is 2. The minimum atomic E-state index is 0. The number of aromatic hydroxyl groups is 2. The van der Waals surface area contributed by atoms with Gasteiger partial charge in [-0.05, 0) is 24.3 Å². The normalized spacial score (nSPS) is 8.00. The summed E-state index contributed by atoms with van der Waals surface area (Å²) in [6.07, 6.45) is 3.34. The van der Waals surface area contributed by atoms with E-state index < -0.39 is 0 Å². The van der Waals surface area contributed by atoms with E-state index in [-0.39, 0.29) is 81.4 Å². The molecule has 158 valence electrons. The fourth-order valence-corrected chi connectivity index (χ4v) is 2.18. The van der Waals surface area contributed by atoms with Crippen LogP contribution in [0.1, 0.15) is 0 Å². The summed E-state index contributed by atoms with van der Waals surface area (Å²) in [5.74, 6) is 0.478. The van der Waals surface area contributed by atoms with Gasteiger partial charge in [0, 0.05) is 44.2 Å². The van der Waals surface area contributed by atoms with E-state index in [9.17, 15) is 10.2 Å². The summed E-state index contributed by atoms with van der Waals surface area (Å²) in [5, 5.41) is 20.5. The molecule has 28 heavy (non-hydrogen) atoms.